The molecule has 1 aromatic heterocycles. The smallest absolute Gasteiger partial charge is 0.132 e. The number of pyridine rings is 1. The van der Waals surface area contributed by atoms with Crippen molar-refractivity contribution >= 4 is 10.9 Å². The van der Waals surface area contributed by atoms with Crippen LogP contribution in [0.3, 0.4) is 0 Å². The lowest BCUT2D eigenvalue weighted by molar-refractivity contribution is 0.124. The van der Waals surface area contributed by atoms with E-state index in [0.29, 0.717) is 24.0 Å². The summed E-state index contributed by atoms with van der Waals surface area (Å²) < 4.78 is 13.9. The molecule has 118 valence electrons. The lowest BCUT2D eigenvalue weighted by Gasteiger charge is -2.34. The maximum atomic E-state index is 13.9. The molecule has 0 unspecified atom stereocenters. The Balaban J connectivity index is 1.75. The zero-order valence-corrected chi connectivity index (χ0v) is 13.0. The Morgan fingerprint density at radius 1 is 1.23 bits per heavy atom. The van der Waals surface area contributed by atoms with Gasteiger partial charge >= 0.3 is 0 Å². The normalized spacial score (nSPS) is 22.4. The Labute approximate surface area is 130 Å². The molecular weight excluding hydrogens is 279 g/mol. The number of fused-ring (bicyclic) bond motifs is 1. The Morgan fingerprint density at radius 3 is 2.73 bits per heavy atom. The Hall–Kier alpha value is -1.52. The van der Waals surface area contributed by atoms with E-state index in [2.05, 4.69) is 16.9 Å². The molecule has 3 rings (SSSR count). The van der Waals surface area contributed by atoms with Crippen LogP contribution in [0, 0.1) is 11.7 Å². The summed E-state index contributed by atoms with van der Waals surface area (Å²) in [6.45, 7) is 1.09. The molecule has 0 amide bonds. The molecule has 22 heavy (non-hydrogen) atoms. The van der Waals surface area contributed by atoms with Crippen LogP contribution < -0.4 is 0 Å². The maximum absolute atomic E-state index is 13.9. The third kappa shape index (κ3) is 3.13. The third-order valence-corrected chi connectivity index (χ3v) is 4.92. The van der Waals surface area contributed by atoms with Crippen molar-refractivity contribution in [2.24, 2.45) is 5.92 Å². The van der Waals surface area contributed by atoms with Gasteiger partial charge in [-0.05, 0) is 62.4 Å². The zero-order chi connectivity index (χ0) is 15.5. The van der Waals surface area contributed by atoms with Gasteiger partial charge in [-0.15, -0.1) is 0 Å². The third-order valence-electron chi connectivity index (χ3n) is 4.92. The van der Waals surface area contributed by atoms with Gasteiger partial charge in [-0.2, -0.15) is 0 Å². The molecule has 1 aliphatic carbocycles. The molecular formula is C18H23FN2O. The van der Waals surface area contributed by atoms with Crippen molar-refractivity contribution in [2.75, 3.05) is 13.7 Å². The first-order valence-corrected chi connectivity index (χ1v) is 8.02. The Morgan fingerprint density at radius 2 is 2.00 bits per heavy atom. The van der Waals surface area contributed by atoms with Gasteiger partial charge in [0.25, 0.3) is 0 Å². The Kier molecular flexibility index (Phi) is 4.69. The summed E-state index contributed by atoms with van der Waals surface area (Å²) >= 11 is 0. The summed E-state index contributed by atoms with van der Waals surface area (Å²) in [6, 6.07) is 7.48. The quantitative estimate of drug-likeness (QED) is 0.941. The standard InChI is InChI=1S/C18H23FN2O/c1-21(15-7-4-13(12-22)5-8-15)11-14-6-9-17(19)16-3-2-10-20-18(14)16/h2-3,6,9-10,13,15,22H,4-5,7-8,11-12H2,1H3. The summed E-state index contributed by atoms with van der Waals surface area (Å²) in [4.78, 5) is 6.71. The topological polar surface area (TPSA) is 36.4 Å². The average Bonchev–Trinajstić information content (AvgIpc) is 2.57. The minimum absolute atomic E-state index is 0.210. The molecule has 1 heterocycles. The molecule has 4 heteroatoms. The first-order valence-electron chi connectivity index (χ1n) is 8.02. The molecule has 1 saturated carbocycles. The predicted molar refractivity (Wildman–Crippen MR) is 86.0 cm³/mol. The number of benzene rings is 1. The minimum Gasteiger partial charge on any atom is -0.396 e. The van der Waals surface area contributed by atoms with Crippen LogP contribution in [0.1, 0.15) is 31.2 Å². The lowest BCUT2D eigenvalue weighted by atomic mass is 9.86. The number of aliphatic hydroxyl groups is 1. The SMILES string of the molecule is CN(Cc1ccc(F)c2cccnc12)C1CCC(CO)CC1. The van der Waals surface area contributed by atoms with E-state index in [1.807, 2.05) is 6.07 Å². The predicted octanol–water partition coefficient (Wildman–Crippen LogP) is 3.36. The van der Waals surface area contributed by atoms with Crippen LogP contribution in [0.25, 0.3) is 10.9 Å². The van der Waals surface area contributed by atoms with Crippen LogP contribution in [-0.2, 0) is 6.54 Å². The molecule has 0 aliphatic heterocycles. The molecule has 3 nitrogen and oxygen atoms in total. The van der Waals surface area contributed by atoms with Gasteiger partial charge in [0.05, 0.1) is 5.52 Å². The van der Waals surface area contributed by atoms with Crippen molar-refractivity contribution in [1.29, 1.82) is 0 Å². The van der Waals surface area contributed by atoms with Crippen molar-refractivity contribution in [2.45, 2.75) is 38.3 Å². The minimum atomic E-state index is -0.210. The van der Waals surface area contributed by atoms with Gasteiger partial charge in [-0.25, -0.2) is 4.39 Å². The lowest BCUT2D eigenvalue weighted by Crippen LogP contribution is -2.35. The van der Waals surface area contributed by atoms with E-state index in [4.69, 9.17) is 0 Å². The molecule has 1 fully saturated rings. The van der Waals surface area contributed by atoms with Crippen LogP contribution in [0.15, 0.2) is 30.5 Å². The summed E-state index contributed by atoms with van der Waals surface area (Å²) in [5.41, 5.74) is 1.84. The van der Waals surface area contributed by atoms with Crippen molar-refractivity contribution in [3.05, 3.63) is 41.8 Å². The summed E-state index contributed by atoms with van der Waals surface area (Å²) in [5, 5.41) is 9.83. The first-order chi connectivity index (χ1) is 10.7. The van der Waals surface area contributed by atoms with Gasteiger partial charge in [0, 0.05) is 30.8 Å². The zero-order valence-electron chi connectivity index (χ0n) is 13.0. The second-order valence-electron chi connectivity index (χ2n) is 6.38. The molecule has 0 spiro atoms. The fourth-order valence-electron chi connectivity index (χ4n) is 3.49. The number of hydrogen-bond donors (Lipinski definition) is 1. The van der Waals surface area contributed by atoms with Crippen LogP contribution in [-0.4, -0.2) is 34.7 Å². The first kappa shape index (κ1) is 15.4. The van der Waals surface area contributed by atoms with Gasteiger partial charge < -0.3 is 5.11 Å². The van der Waals surface area contributed by atoms with Crippen molar-refractivity contribution < 1.29 is 9.50 Å². The molecule has 0 saturated heterocycles. The van der Waals surface area contributed by atoms with E-state index in [9.17, 15) is 9.50 Å². The highest BCUT2D eigenvalue weighted by Crippen LogP contribution is 2.28. The molecule has 1 aromatic carbocycles. The maximum Gasteiger partial charge on any atom is 0.132 e. The van der Waals surface area contributed by atoms with Crippen molar-refractivity contribution in [3.8, 4) is 0 Å². The number of aliphatic hydroxyl groups excluding tert-OH is 1. The van der Waals surface area contributed by atoms with Crippen molar-refractivity contribution in [3.63, 3.8) is 0 Å². The fourth-order valence-corrected chi connectivity index (χ4v) is 3.49. The number of rotatable bonds is 4. The number of halogens is 1. The van der Waals surface area contributed by atoms with Crippen LogP contribution in [0.5, 0.6) is 0 Å². The highest BCUT2D eigenvalue weighted by atomic mass is 19.1. The van der Waals surface area contributed by atoms with E-state index in [0.717, 1.165) is 43.3 Å². The number of hydrogen-bond acceptors (Lipinski definition) is 3. The average molecular weight is 302 g/mol. The largest absolute Gasteiger partial charge is 0.396 e. The molecule has 1 aliphatic rings. The molecule has 0 radical (unpaired) electrons. The second-order valence-corrected chi connectivity index (χ2v) is 6.38. The fraction of sp³-hybridized carbons (Fsp3) is 0.500. The summed E-state index contributed by atoms with van der Waals surface area (Å²) in [6.07, 6.45) is 6.14. The Bertz CT molecular complexity index is 638. The highest BCUT2D eigenvalue weighted by molar-refractivity contribution is 5.82. The highest BCUT2D eigenvalue weighted by Gasteiger charge is 2.24. The van der Waals surface area contributed by atoms with E-state index in [1.54, 1.807) is 18.3 Å². The van der Waals surface area contributed by atoms with Gasteiger partial charge in [0.15, 0.2) is 0 Å². The molecule has 0 atom stereocenters. The van der Waals surface area contributed by atoms with E-state index in [-0.39, 0.29) is 5.82 Å². The van der Waals surface area contributed by atoms with Crippen LogP contribution >= 0.6 is 0 Å². The van der Waals surface area contributed by atoms with Crippen LogP contribution in [0.4, 0.5) is 4.39 Å². The number of aromatic nitrogens is 1. The van der Waals surface area contributed by atoms with Gasteiger partial charge in [-0.1, -0.05) is 6.07 Å². The summed E-state index contributed by atoms with van der Waals surface area (Å²) in [7, 11) is 2.13. The second kappa shape index (κ2) is 6.71. The van der Waals surface area contributed by atoms with E-state index >= 15 is 0 Å². The van der Waals surface area contributed by atoms with Gasteiger partial charge in [0.2, 0.25) is 0 Å². The van der Waals surface area contributed by atoms with Gasteiger partial charge in [-0.3, -0.25) is 9.88 Å². The molecule has 0 bridgehead atoms. The molecule has 2 aromatic rings. The monoisotopic (exact) mass is 302 g/mol. The summed E-state index contributed by atoms with van der Waals surface area (Å²) in [5.74, 6) is 0.260. The van der Waals surface area contributed by atoms with Crippen LogP contribution in [0.2, 0.25) is 0 Å². The molecule has 1 N–H and O–H groups in total. The van der Waals surface area contributed by atoms with Gasteiger partial charge in [0.1, 0.15) is 5.82 Å². The van der Waals surface area contributed by atoms with E-state index in [1.165, 1.54) is 6.07 Å². The van der Waals surface area contributed by atoms with Crippen molar-refractivity contribution in [1.82, 2.24) is 9.88 Å². The van der Waals surface area contributed by atoms with E-state index < -0.39 is 0 Å². The number of nitrogens with zero attached hydrogens (tertiary/aromatic N) is 2.